The standard InChI is InChI=1S/C25H32BrFN4O4/c1-24(2,3)34-22(32)19(13-28)21(29-14-16-12-17(27)9-10-20(16)26)31-11-7-8-18(15-31)30-23(33)35-25(4,5)6/h9-10,12,29H,7-8,11,14-15H2,1-6H3/b21-19-,30-18-. The smallest absolute Gasteiger partial charge is 0.434 e. The summed E-state index contributed by atoms with van der Waals surface area (Å²) in [5.41, 5.74) is -0.528. The molecule has 0 bridgehead atoms. The number of piperidine rings is 1. The zero-order valence-corrected chi connectivity index (χ0v) is 22.6. The second-order valence-corrected chi connectivity index (χ2v) is 11.0. The number of halogens is 2. The van der Waals surface area contributed by atoms with Gasteiger partial charge in [0.1, 0.15) is 28.9 Å². The molecule has 190 valence electrons. The average Bonchev–Trinajstić information content (AvgIpc) is 2.70. The molecule has 0 spiro atoms. The zero-order chi connectivity index (χ0) is 26.4. The van der Waals surface area contributed by atoms with Gasteiger partial charge in [0.05, 0.1) is 6.54 Å². The van der Waals surface area contributed by atoms with Crippen molar-refractivity contribution in [2.24, 2.45) is 4.99 Å². The maximum absolute atomic E-state index is 13.8. The molecule has 0 atom stereocenters. The fourth-order valence-corrected chi connectivity index (χ4v) is 3.68. The number of aliphatic imine (C=N–C) groups is 1. The summed E-state index contributed by atoms with van der Waals surface area (Å²) < 4.78 is 25.2. The van der Waals surface area contributed by atoms with Gasteiger partial charge in [0.25, 0.3) is 0 Å². The predicted molar refractivity (Wildman–Crippen MR) is 134 cm³/mol. The van der Waals surface area contributed by atoms with Crippen LogP contribution in [0, 0.1) is 17.1 Å². The highest BCUT2D eigenvalue weighted by molar-refractivity contribution is 9.10. The molecule has 10 heteroatoms. The first-order valence-electron chi connectivity index (χ1n) is 11.3. The molecule has 1 aromatic rings. The second kappa shape index (κ2) is 11.7. The molecule has 0 aliphatic carbocycles. The Hall–Kier alpha value is -2.93. The number of rotatable bonds is 5. The molecule has 1 aromatic carbocycles. The fraction of sp³-hybridized carbons (Fsp3) is 0.520. The van der Waals surface area contributed by atoms with Crippen LogP contribution in [0.1, 0.15) is 59.9 Å². The van der Waals surface area contributed by atoms with E-state index in [1.165, 1.54) is 12.1 Å². The van der Waals surface area contributed by atoms with Crippen molar-refractivity contribution in [3.8, 4) is 6.07 Å². The number of ether oxygens (including phenoxy) is 2. The molecule has 35 heavy (non-hydrogen) atoms. The number of amides is 1. The van der Waals surface area contributed by atoms with Crippen LogP contribution in [0.3, 0.4) is 0 Å². The summed E-state index contributed by atoms with van der Waals surface area (Å²) in [6, 6.07) is 6.23. The van der Waals surface area contributed by atoms with E-state index >= 15 is 0 Å². The fourth-order valence-electron chi connectivity index (χ4n) is 3.29. The van der Waals surface area contributed by atoms with E-state index in [-0.39, 0.29) is 24.5 Å². The Morgan fingerprint density at radius 3 is 2.46 bits per heavy atom. The molecule has 1 aliphatic heterocycles. The number of hydrogen-bond acceptors (Lipinski definition) is 7. The first-order valence-corrected chi connectivity index (χ1v) is 12.1. The van der Waals surface area contributed by atoms with Gasteiger partial charge in [-0.15, -0.1) is 0 Å². The minimum Gasteiger partial charge on any atom is -0.456 e. The van der Waals surface area contributed by atoms with Gasteiger partial charge >= 0.3 is 12.1 Å². The van der Waals surface area contributed by atoms with Gasteiger partial charge in [-0.3, -0.25) is 0 Å². The maximum atomic E-state index is 13.8. The van der Waals surface area contributed by atoms with Gasteiger partial charge in [0.2, 0.25) is 0 Å². The van der Waals surface area contributed by atoms with Gasteiger partial charge in [0, 0.05) is 23.3 Å². The highest BCUT2D eigenvalue weighted by Crippen LogP contribution is 2.22. The third-order valence-corrected chi connectivity index (χ3v) is 5.41. The van der Waals surface area contributed by atoms with Crippen LogP contribution in [0.15, 0.2) is 39.1 Å². The van der Waals surface area contributed by atoms with Gasteiger partial charge in [0.15, 0.2) is 5.57 Å². The Labute approximate surface area is 214 Å². The van der Waals surface area contributed by atoms with Crippen LogP contribution < -0.4 is 5.32 Å². The number of benzene rings is 1. The van der Waals surface area contributed by atoms with E-state index in [0.29, 0.717) is 35.1 Å². The number of nitrogens with zero attached hydrogens (tertiary/aromatic N) is 3. The Balaban J connectivity index is 2.40. The van der Waals surface area contributed by atoms with Gasteiger partial charge in [-0.05, 0) is 78.1 Å². The summed E-state index contributed by atoms with van der Waals surface area (Å²) in [4.78, 5) is 31.0. The van der Waals surface area contributed by atoms with Crippen molar-refractivity contribution < 1.29 is 23.5 Å². The normalized spacial score (nSPS) is 16.3. The number of carbonyl (C=O) groups is 2. The van der Waals surface area contributed by atoms with Crippen LogP contribution in [-0.4, -0.2) is 47.0 Å². The molecule has 0 saturated carbocycles. The third-order valence-electron chi connectivity index (χ3n) is 4.63. The molecule has 2 rings (SSSR count). The molecular weight excluding hydrogens is 519 g/mol. The first-order chi connectivity index (χ1) is 16.2. The second-order valence-electron chi connectivity index (χ2n) is 10.1. The molecule has 0 aromatic heterocycles. The lowest BCUT2D eigenvalue weighted by atomic mass is 10.1. The van der Waals surface area contributed by atoms with Crippen molar-refractivity contribution in [1.29, 1.82) is 5.26 Å². The Kier molecular flexibility index (Phi) is 9.44. The Morgan fingerprint density at radius 1 is 1.20 bits per heavy atom. The molecule has 1 fully saturated rings. The lowest BCUT2D eigenvalue weighted by Crippen LogP contribution is -2.42. The SMILES string of the molecule is CC(C)(C)OC(=O)/N=C1/CCCN(/C(NCc2cc(F)ccc2Br)=C(/C#N)C(=O)OC(C)(C)C)C1. The molecule has 8 nitrogen and oxygen atoms in total. The number of likely N-dealkylation sites (tertiary alicyclic amines) is 1. The topological polar surface area (TPSA) is 104 Å². The van der Waals surface area contributed by atoms with Crippen molar-refractivity contribution in [3.63, 3.8) is 0 Å². The van der Waals surface area contributed by atoms with Crippen LogP contribution in [0.5, 0.6) is 0 Å². The minimum atomic E-state index is -0.804. The van der Waals surface area contributed by atoms with Gasteiger partial charge in [-0.1, -0.05) is 15.9 Å². The minimum absolute atomic E-state index is 0.136. The molecular formula is C25H32BrFN4O4. The number of hydrogen-bond donors (Lipinski definition) is 1. The van der Waals surface area contributed by atoms with E-state index < -0.39 is 29.1 Å². The molecule has 1 heterocycles. The van der Waals surface area contributed by atoms with E-state index in [1.54, 1.807) is 52.5 Å². The van der Waals surface area contributed by atoms with Gasteiger partial charge in [-0.25, -0.2) is 14.0 Å². The monoisotopic (exact) mass is 550 g/mol. The first kappa shape index (κ1) is 28.3. The quantitative estimate of drug-likeness (QED) is 0.304. The summed E-state index contributed by atoms with van der Waals surface area (Å²) in [5, 5.41) is 13.0. The molecule has 1 amide bonds. The largest absolute Gasteiger partial charge is 0.456 e. The molecule has 1 aliphatic rings. The molecule has 1 saturated heterocycles. The van der Waals surface area contributed by atoms with E-state index in [2.05, 4.69) is 26.2 Å². The van der Waals surface area contributed by atoms with Crippen molar-refractivity contribution in [1.82, 2.24) is 10.2 Å². The van der Waals surface area contributed by atoms with Crippen LogP contribution >= 0.6 is 15.9 Å². The summed E-state index contributed by atoms with van der Waals surface area (Å²) in [5.74, 6) is -0.959. The van der Waals surface area contributed by atoms with Crippen LogP contribution in [-0.2, 0) is 20.8 Å². The van der Waals surface area contributed by atoms with Gasteiger partial charge < -0.3 is 19.7 Å². The summed E-state index contributed by atoms with van der Waals surface area (Å²) in [7, 11) is 0. The summed E-state index contributed by atoms with van der Waals surface area (Å²) in [6.45, 7) is 11.3. The van der Waals surface area contributed by atoms with Crippen molar-refractivity contribution >= 4 is 33.7 Å². The van der Waals surface area contributed by atoms with Crippen molar-refractivity contribution in [3.05, 3.63) is 45.4 Å². The van der Waals surface area contributed by atoms with E-state index in [1.807, 2.05) is 6.07 Å². The highest BCUT2D eigenvalue weighted by atomic mass is 79.9. The predicted octanol–water partition coefficient (Wildman–Crippen LogP) is 5.23. The third kappa shape index (κ3) is 9.32. The average molecular weight is 551 g/mol. The van der Waals surface area contributed by atoms with E-state index in [9.17, 15) is 19.2 Å². The van der Waals surface area contributed by atoms with Crippen LogP contribution in [0.4, 0.5) is 9.18 Å². The lowest BCUT2D eigenvalue weighted by molar-refractivity contribution is -0.149. The summed E-state index contributed by atoms with van der Waals surface area (Å²) in [6.07, 6.45) is 0.528. The van der Waals surface area contributed by atoms with Crippen LogP contribution in [0.25, 0.3) is 0 Å². The molecule has 0 radical (unpaired) electrons. The van der Waals surface area contributed by atoms with Crippen LogP contribution in [0.2, 0.25) is 0 Å². The number of nitriles is 1. The van der Waals surface area contributed by atoms with Crippen molar-refractivity contribution in [2.45, 2.75) is 72.1 Å². The maximum Gasteiger partial charge on any atom is 0.434 e. The Bertz CT molecular complexity index is 1060. The number of carbonyl (C=O) groups excluding carboxylic acids is 2. The molecule has 0 unspecified atom stereocenters. The van der Waals surface area contributed by atoms with Gasteiger partial charge in [-0.2, -0.15) is 10.3 Å². The lowest BCUT2D eigenvalue weighted by Gasteiger charge is -2.33. The Morgan fingerprint density at radius 2 is 1.86 bits per heavy atom. The number of esters is 1. The van der Waals surface area contributed by atoms with Crippen molar-refractivity contribution in [2.75, 3.05) is 13.1 Å². The highest BCUT2D eigenvalue weighted by Gasteiger charge is 2.28. The number of nitrogens with one attached hydrogen (secondary N) is 1. The zero-order valence-electron chi connectivity index (χ0n) is 21.0. The van der Waals surface area contributed by atoms with E-state index in [4.69, 9.17) is 9.47 Å². The summed E-state index contributed by atoms with van der Waals surface area (Å²) >= 11 is 3.40. The molecule has 1 N–H and O–H groups in total. The van der Waals surface area contributed by atoms with E-state index in [0.717, 1.165) is 0 Å².